The Morgan fingerprint density at radius 3 is 1.69 bits per heavy atom. The van der Waals surface area contributed by atoms with Crippen molar-refractivity contribution < 1.29 is 27.0 Å². The molecule has 0 saturated carbocycles. The second-order valence-corrected chi connectivity index (χ2v) is 5.50. The number of methoxy groups -OCH3 is 1. The summed E-state index contributed by atoms with van der Waals surface area (Å²) in [6, 6.07) is 17.2. The van der Waals surface area contributed by atoms with Crippen LogP contribution in [0.25, 0.3) is 22.3 Å². The summed E-state index contributed by atoms with van der Waals surface area (Å²) in [6.07, 6.45) is -4.72. The fraction of sp³-hybridized carbons (Fsp3) is 0.100. The number of halogens is 4. The molecule has 0 unspecified atom stereocenters. The van der Waals surface area contributed by atoms with Crippen molar-refractivity contribution in [2.75, 3.05) is 7.11 Å². The lowest BCUT2D eigenvalue weighted by molar-refractivity contribution is -0.274. The summed E-state index contributed by atoms with van der Waals surface area (Å²) in [5.41, 5.74) is 2.64. The molecule has 2 nitrogen and oxygen atoms in total. The van der Waals surface area contributed by atoms with E-state index in [1.54, 1.807) is 36.4 Å². The van der Waals surface area contributed by atoms with Crippen LogP contribution in [-0.4, -0.2) is 13.5 Å². The first-order valence-electron chi connectivity index (χ1n) is 7.66. The van der Waals surface area contributed by atoms with E-state index >= 15 is 0 Å². The molecule has 0 fully saturated rings. The molecule has 134 valence electrons. The first-order valence-corrected chi connectivity index (χ1v) is 7.66. The van der Waals surface area contributed by atoms with Gasteiger partial charge in [-0.3, -0.25) is 0 Å². The Morgan fingerprint density at radius 2 is 1.19 bits per heavy atom. The van der Waals surface area contributed by atoms with Gasteiger partial charge in [-0.25, -0.2) is 4.39 Å². The zero-order valence-corrected chi connectivity index (χ0v) is 13.7. The zero-order valence-electron chi connectivity index (χ0n) is 13.7. The molecular formula is C20H14F4O2. The first-order chi connectivity index (χ1) is 12.4. The van der Waals surface area contributed by atoms with Gasteiger partial charge in [0, 0.05) is 11.6 Å². The summed E-state index contributed by atoms with van der Waals surface area (Å²) in [4.78, 5) is 0. The minimum absolute atomic E-state index is 0.279. The topological polar surface area (TPSA) is 18.5 Å². The summed E-state index contributed by atoms with van der Waals surface area (Å²) in [5, 5.41) is 0. The lowest BCUT2D eigenvalue weighted by atomic mass is 10.00. The van der Waals surface area contributed by atoms with Crippen LogP contribution in [0.2, 0.25) is 0 Å². The standard InChI is InChI=1S/C20H14F4O2/c1-25-17-10-11-18(19(21)12-17)15-4-2-13(3-5-15)14-6-8-16(9-7-14)26-20(22,23)24/h2-12H,1H3. The van der Waals surface area contributed by atoms with E-state index in [9.17, 15) is 17.6 Å². The molecule has 0 radical (unpaired) electrons. The molecule has 0 aromatic heterocycles. The Balaban J connectivity index is 1.81. The highest BCUT2D eigenvalue weighted by Gasteiger charge is 2.30. The van der Waals surface area contributed by atoms with Crippen molar-refractivity contribution in [1.82, 2.24) is 0 Å². The molecule has 0 aliphatic rings. The number of hydrogen-bond donors (Lipinski definition) is 0. The van der Waals surface area contributed by atoms with Crippen LogP contribution in [0.15, 0.2) is 66.7 Å². The summed E-state index contributed by atoms with van der Waals surface area (Å²) in [6.45, 7) is 0. The van der Waals surface area contributed by atoms with Crippen LogP contribution in [0.4, 0.5) is 17.6 Å². The Kier molecular flexibility index (Phi) is 4.84. The summed E-state index contributed by atoms with van der Waals surface area (Å²) >= 11 is 0. The molecule has 0 spiro atoms. The predicted octanol–water partition coefficient (Wildman–Crippen LogP) is 6.07. The van der Waals surface area contributed by atoms with Gasteiger partial charge in [0.1, 0.15) is 17.3 Å². The number of ether oxygens (including phenoxy) is 2. The predicted molar refractivity (Wildman–Crippen MR) is 90.5 cm³/mol. The van der Waals surface area contributed by atoms with Gasteiger partial charge < -0.3 is 9.47 Å². The average molecular weight is 362 g/mol. The van der Waals surface area contributed by atoms with Gasteiger partial charge >= 0.3 is 6.36 Å². The lowest BCUT2D eigenvalue weighted by Crippen LogP contribution is -2.16. The van der Waals surface area contributed by atoms with Crippen molar-refractivity contribution >= 4 is 0 Å². The Labute approximate surface area is 147 Å². The summed E-state index contributed by atoms with van der Waals surface area (Å²) < 4.78 is 59.5. The van der Waals surface area contributed by atoms with E-state index in [0.29, 0.717) is 16.9 Å². The highest BCUT2D eigenvalue weighted by molar-refractivity contribution is 5.71. The van der Waals surface area contributed by atoms with Gasteiger partial charge in [-0.1, -0.05) is 36.4 Å². The number of benzene rings is 3. The van der Waals surface area contributed by atoms with Gasteiger partial charge in [0.15, 0.2) is 0 Å². The molecule has 0 aliphatic carbocycles. The molecule has 0 heterocycles. The Morgan fingerprint density at radius 1 is 0.692 bits per heavy atom. The van der Waals surface area contributed by atoms with Gasteiger partial charge in [0.2, 0.25) is 0 Å². The first kappa shape index (κ1) is 17.8. The normalized spacial score (nSPS) is 11.3. The maximum absolute atomic E-state index is 14.1. The van der Waals surface area contributed by atoms with E-state index in [0.717, 1.165) is 11.1 Å². The second-order valence-electron chi connectivity index (χ2n) is 5.50. The van der Waals surface area contributed by atoms with Gasteiger partial charge in [0.25, 0.3) is 0 Å². The number of hydrogen-bond acceptors (Lipinski definition) is 2. The molecular weight excluding hydrogens is 348 g/mol. The van der Waals surface area contributed by atoms with E-state index in [1.807, 2.05) is 0 Å². The average Bonchev–Trinajstić information content (AvgIpc) is 2.61. The lowest BCUT2D eigenvalue weighted by Gasteiger charge is -2.10. The van der Waals surface area contributed by atoms with Crippen molar-refractivity contribution in [2.45, 2.75) is 6.36 Å². The maximum atomic E-state index is 14.1. The van der Waals surface area contributed by atoms with Crippen LogP contribution in [0.1, 0.15) is 0 Å². The SMILES string of the molecule is COc1ccc(-c2ccc(-c3ccc(OC(F)(F)F)cc3)cc2)c(F)c1. The molecule has 3 rings (SSSR count). The fourth-order valence-corrected chi connectivity index (χ4v) is 2.55. The van der Waals surface area contributed by atoms with Crippen LogP contribution in [0, 0.1) is 5.82 Å². The van der Waals surface area contributed by atoms with E-state index in [-0.39, 0.29) is 5.75 Å². The molecule has 26 heavy (non-hydrogen) atoms. The molecule has 0 saturated heterocycles. The van der Waals surface area contributed by atoms with E-state index in [1.165, 1.54) is 37.4 Å². The largest absolute Gasteiger partial charge is 0.573 e. The van der Waals surface area contributed by atoms with Crippen molar-refractivity contribution in [3.05, 3.63) is 72.5 Å². The molecule has 3 aromatic carbocycles. The monoisotopic (exact) mass is 362 g/mol. The third-order valence-electron chi connectivity index (χ3n) is 3.79. The summed E-state index contributed by atoms with van der Waals surface area (Å²) in [5.74, 6) is -0.243. The van der Waals surface area contributed by atoms with E-state index in [4.69, 9.17) is 4.74 Å². The fourth-order valence-electron chi connectivity index (χ4n) is 2.55. The van der Waals surface area contributed by atoms with Gasteiger partial charge in [0.05, 0.1) is 7.11 Å². The van der Waals surface area contributed by atoms with Crippen LogP contribution >= 0.6 is 0 Å². The quantitative estimate of drug-likeness (QED) is 0.525. The highest BCUT2D eigenvalue weighted by Crippen LogP contribution is 2.30. The van der Waals surface area contributed by atoms with E-state index in [2.05, 4.69) is 4.74 Å². The molecule has 0 bridgehead atoms. The smallest absolute Gasteiger partial charge is 0.497 e. The molecule has 6 heteroatoms. The molecule has 0 N–H and O–H groups in total. The van der Waals surface area contributed by atoms with Gasteiger partial charge in [-0.15, -0.1) is 13.2 Å². The molecule has 0 amide bonds. The third kappa shape index (κ3) is 4.14. The number of alkyl halides is 3. The van der Waals surface area contributed by atoms with Crippen LogP contribution < -0.4 is 9.47 Å². The van der Waals surface area contributed by atoms with Crippen molar-refractivity contribution in [2.24, 2.45) is 0 Å². The third-order valence-corrected chi connectivity index (χ3v) is 3.79. The summed E-state index contributed by atoms with van der Waals surface area (Å²) in [7, 11) is 1.47. The van der Waals surface area contributed by atoms with Crippen molar-refractivity contribution in [3.8, 4) is 33.8 Å². The van der Waals surface area contributed by atoms with Crippen LogP contribution in [0.3, 0.4) is 0 Å². The van der Waals surface area contributed by atoms with E-state index < -0.39 is 12.2 Å². The molecule has 3 aromatic rings. The van der Waals surface area contributed by atoms with Crippen LogP contribution in [-0.2, 0) is 0 Å². The minimum atomic E-state index is -4.72. The van der Waals surface area contributed by atoms with Crippen molar-refractivity contribution in [3.63, 3.8) is 0 Å². The maximum Gasteiger partial charge on any atom is 0.573 e. The highest BCUT2D eigenvalue weighted by atomic mass is 19.4. The van der Waals surface area contributed by atoms with Gasteiger partial charge in [-0.05, 0) is 41.0 Å². The second kappa shape index (κ2) is 7.07. The minimum Gasteiger partial charge on any atom is -0.497 e. The Hall–Kier alpha value is -3.02. The Bertz CT molecular complexity index is 885. The van der Waals surface area contributed by atoms with Crippen LogP contribution in [0.5, 0.6) is 11.5 Å². The molecule has 0 aliphatic heterocycles. The zero-order chi connectivity index (χ0) is 18.7. The van der Waals surface area contributed by atoms with Crippen molar-refractivity contribution in [1.29, 1.82) is 0 Å². The number of rotatable bonds is 4. The molecule has 0 atom stereocenters. The van der Waals surface area contributed by atoms with Gasteiger partial charge in [-0.2, -0.15) is 0 Å².